The average molecular weight is 375 g/mol. The van der Waals surface area contributed by atoms with Gasteiger partial charge in [-0.3, -0.25) is 9.69 Å². The minimum atomic E-state index is -0.224. The van der Waals surface area contributed by atoms with Gasteiger partial charge in [0, 0.05) is 18.5 Å². The number of fused-ring (bicyclic) bond motifs is 1. The normalized spacial score (nSPS) is 12.8. The summed E-state index contributed by atoms with van der Waals surface area (Å²) >= 11 is 1.46. The second-order valence-electron chi connectivity index (χ2n) is 6.20. The lowest BCUT2D eigenvalue weighted by Crippen LogP contribution is -2.26. The predicted octanol–water partition coefficient (Wildman–Crippen LogP) is 3.28. The van der Waals surface area contributed by atoms with Crippen LogP contribution in [0.1, 0.15) is 61.3 Å². The van der Waals surface area contributed by atoms with Gasteiger partial charge in [0.15, 0.2) is 5.76 Å². The van der Waals surface area contributed by atoms with E-state index in [0.717, 1.165) is 48.0 Å². The maximum Gasteiger partial charge on any atom is 0.287 e. The van der Waals surface area contributed by atoms with E-state index in [1.54, 1.807) is 10.0 Å². The van der Waals surface area contributed by atoms with Crippen molar-refractivity contribution in [2.75, 3.05) is 13.1 Å². The third-order valence-electron chi connectivity index (χ3n) is 4.53. The van der Waals surface area contributed by atoms with E-state index in [4.69, 9.17) is 4.42 Å². The van der Waals surface area contributed by atoms with Gasteiger partial charge in [-0.2, -0.15) is 5.10 Å². The van der Waals surface area contributed by atoms with Gasteiger partial charge in [0.05, 0.1) is 17.9 Å². The van der Waals surface area contributed by atoms with Crippen molar-refractivity contribution in [2.24, 2.45) is 0 Å². The molecule has 0 bridgehead atoms. The SMILES string of the molecule is CCc1oc(C(=O)N[C@H](C)c2cn3ncsc3n2)cc1CN(CC)CC. The quantitative estimate of drug-likeness (QED) is 0.654. The molecule has 0 fully saturated rings. The van der Waals surface area contributed by atoms with Gasteiger partial charge < -0.3 is 9.73 Å². The Kier molecular flexibility index (Phi) is 5.73. The van der Waals surface area contributed by atoms with Gasteiger partial charge in [-0.25, -0.2) is 9.50 Å². The van der Waals surface area contributed by atoms with Gasteiger partial charge in [0.25, 0.3) is 5.91 Å². The topological polar surface area (TPSA) is 75.7 Å². The standard InChI is InChI=1S/C18H25N5O2S/c1-5-15-13(9-22(6-2)7-3)8-16(25-15)17(24)20-12(4)14-10-23-18(21-14)26-11-19-23/h8,10-12H,5-7,9H2,1-4H3,(H,20,24)/t12-/m1/s1. The lowest BCUT2D eigenvalue weighted by atomic mass is 10.2. The van der Waals surface area contributed by atoms with Crippen LogP contribution < -0.4 is 5.32 Å². The van der Waals surface area contributed by atoms with Gasteiger partial charge >= 0.3 is 0 Å². The summed E-state index contributed by atoms with van der Waals surface area (Å²) in [5, 5.41) is 7.13. The number of nitrogens with zero attached hydrogens (tertiary/aromatic N) is 4. The van der Waals surface area contributed by atoms with E-state index in [1.165, 1.54) is 11.3 Å². The highest BCUT2D eigenvalue weighted by Crippen LogP contribution is 2.20. The zero-order valence-electron chi connectivity index (χ0n) is 15.7. The molecule has 3 aromatic heterocycles. The summed E-state index contributed by atoms with van der Waals surface area (Å²) in [6.45, 7) is 10.9. The third-order valence-corrected chi connectivity index (χ3v) is 5.21. The maximum absolute atomic E-state index is 12.6. The molecule has 0 spiro atoms. The minimum absolute atomic E-state index is 0.220. The molecule has 0 unspecified atom stereocenters. The molecule has 3 rings (SSSR count). The van der Waals surface area contributed by atoms with Crippen molar-refractivity contribution in [3.8, 4) is 0 Å². The fourth-order valence-electron chi connectivity index (χ4n) is 2.91. The van der Waals surface area contributed by atoms with Crippen LogP contribution in [0.4, 0.5) is 0 Å². The zero-order chi connectivity index (χ0) is 18.7. The number of carbonyl (C=O) groups is 1. The van der Waals surface area contributed by atoms with Crippen LogP contribution in [0, 0.1) is 0 Å². The molecule has 0 aliphatic heterocycles. The summed E-state index contributed by atoms with van der Waals surface area (Å²) in [4.78, 5) is 20.2. The van der Waals surface area contributed by atoms with Gasteiger partial charge in [0.2, 0.25) is 4.96 Å². The van der Waals surface area contributed by atoms with E-state index >= 15 is 0 Å². The summed E-state index contributed by atoms with van der Waals surface area (Å²) in [6.07, 6.45) is 2.60. The van der Waals surface area contributed by atoms with E-state index < -0.39 is 0 Å². The zero-order valence-corrected chi connectivity index (χ0v) is 16.5. The molecule has 0 aromatic carbocycles. The molecule has 0 saturated carbocycles. The number of aryl methyl sites for hydroxylation is 1. The molecule has 0 aliphatic carbocycles. The Morgan fingerprint density at radius 1 is 1.38 bits per heavy atom. The molecule has 3 heterocycles. The summed E-state index contributed by atoms with van der Waals surface area (Å²) in [7, 11) is 0. The number of rotatable bonds is 8. The smallest absolute Gasteiger partial charge is 0.287 e. The molecule has 1 N–H and O–H groups in total. The Hall–Kier alpha value is -2.19. The minimum Gasteiger partial charge on any atom is -0.456 e. The number of carbonyl (C=O) groups excluding carboxylic acids is 1. The Morgan fingerprint density at radius 2 is 2.15 bits per heavy atom. The number of furan rings is 1. The highest BCUT2D eigenvalue weighted by molar-refractivity contribution is 7.14. The van der Waals surface area contributed by atoms with E-state index in [1.807, 2.05) is 26.1 Å². The number of hydrogen-bond acceptors (Lipinski definition) is 6. The van der Waals surface area contributed by atoms with Crippen molar-refractivity contribution < 1.29 is 9.21 Å². The molecule has 0 saturated heterocycles. The first-order chi connectivity index (χ1) is 12.5. The van der Waals surface area contributed by atoms with Crippen LogP contribution in [0.3, 0.4) is 0 Å². The fraction of sp³-hybridized carbons (Fsp3) is 0.500. The first-order valence-corrected chi connectivity index (χ1v) is 9.87. The second kappa shape index (κ2) is 8.01. The average Bonchev–Trinajstić information content (AvgIpc) is 3.33. The number of nitrogens with one attached hydrogen (secondary N) is 1. The summed E-state index contributed by atoms with van der Waals surface area (Å²) in [5.74, 6) is 1.01. The van der Waals surface area contributed by atoms with Crippen molar-refractivity contribution >= 4 is 22.2 Å². The number of imidazole rings is 1. The molecule has 0 aliphatic rings. The molecule has 7 nitrogen and oxygen atoms in total. The maximum atomic E-state index is 12.6. The number of amides is 1. The highest BCUT2D eigenvalue weighted by Gasteiger charge is 2.20. The van der Waals surface area contributed by atoms with Crippen LogP contribution in [0.15, 0.2) is 22.2 Å². The van der Waals surface area contributed by atoms with Gasteiger partial charge in [-0.1, -0.05) is 32.1 Å². The fourth-order valence-corrected chi connectivity index (χ4v) is 3.51. The van der Waals surface area contributed by atoms with Gasteiger partial charge in [-0.05, 0) is 26.1 Å². The molecular formula is C18H25N5O2S. The van der Waals surface area contributed by atoms with Crippen LogP contribution in [-0.2, 0) is 13.0 Å². The van der Waals surface area contributed by atoms with Crippen molar-refractivity contribution in [1.82, 2.24) is 24.8 Å². The summed E-state index contributed by atoms with van der Waals surface area (Å²) < 4.78 is 7.54. The molecule has 8 heteroatoms. The van der Waals surface area contributed by atoms with Crippen molar-refractivity contribution in [1.29, 1.82) is 0 Å². The molecular weight excluding hydrogens is 350 g/mol. The first kappa shape index (κ1) is 18.6. The van der Waals surface area contributed by atoms with Crippen LogP contribution in [-0.4, -0.2) is 38.5 Å². The second-order valence-corrected chi connectivity index (χ2v) is 7.01. The van der Waals surface area contributed by atoms with E-state index in [2.05, 4.69) is 34.1 Å². The Bertz CT molecular complexity index is 849. The summed E-state index contributed by atoms with van der Waals surface area (Å²) in [6, 6.07) is 1.64. The van der Waals surface area contributed by atoms with Crippen LogP contribution >= 0.6 is 11.3 Å². The Balaban J connectivity index is 1.72. The van der Waals surface area contributed by atoms with Gasteiger partial charge in [-0.15, -0.1) is 0 Å². The Labute approximate surface area is 157 Å². The molecule has 3 aromatic rings. The first-order valence-electron chi connectivity index (χ1n) is 8.99. The monoisotopic (exact) mass is 375 g/mol. The third kappa shape index (κ3) is 3.81. The molecule has 1 amide bonds. The lowest BCUT2D eigenvalue weighted by molar-refractivity contribution is 0.0909. The van der Waals surface area contributed by atoms with Crippen molar-refractivity contribution in [3.05, 3.63) is 40.6 Å². The summed E-state index contributed by atoms with van der Waals surface area (Å²) in [5.41, 5.74) is 3.60. The van der Waals surface area contributed by atoms with Crippen molar-refractivity contribution in [2.45, 2.75) is 46.7 Å². The predicted molar refractivity (Wildman–Crippen MR) is 101 cm³/mol. The van der Waals surface area contributed by atoms with E-state index in [9.17, 15) is 4.79 Å². The number of aromatic nitrogens is 3. The lowest BCUT2D eigenvalue weighted by Gasteiger charge is -2.17. The Morgan fingerprint density at radius 3 is 2.81 bits per heavy atom. The highest BCUT2D eigenvalue weighted by atomic mass is 32.1. The van der Waals surface area contributed by atoms with Crippen LogP contribution in [0.2, 0.25) is 0 Å². The van der Waals surface area contributed by atoms with Crippen molar-refractivity contribution in [3.63, 3.8) is 0 Å². The largest absolute Gasteiger partial charge is 0.456 e. The molecule has 140 valence electrons. The number of hydrogen-bond donors (Lipinski definition) is 1. The van der Waals surface area contributed by atoms with Crippen LogP contribution in [0.5, 0.6) is 0 Å². The van der Waals surface area contributed by atoms with E-state index in [-0.39, 0.29) is 11.9 Å². The van der Waals surface area contributed by atoms with Gasteiger partial charge in [0.1, 0.15) is 11.3 Å². The molecule has 0 radical (unpaired) electrons. The van der Waals surface area contributed by atoms with Crippen LogP contribution in [0.25, 0.3) is 4.96 Å². The molecule has 1 atom stereocenters. The van der Waals surface area contributed by atoms with E-state index in [0.29, 0.717) is 5.76 Å². The molecule has 26 heavy (non-hydrogen) atoms.